The smallest absolute Gasteiger partial charge is 0.0551 e. The van der Waals surface area contributed by atoms with Crippen molar-refractivity contribution in [3.8, 4) is 5.69 Å². The number of hydrogen-bond donors (Lipinski definition) is 2. The number of hydrogen-bond acceptors (Lipinski definition) is 1. The monoisotopic (exact) mass is 237 g/mol. The van der Waals surface area contributed by atoms with Gasteiger partial charge in [0.2, 0.25) is 0 Å². The fraction of sp³-hybridized carbons (Fsp3) is 0.0667. The SMILES string of the molecule is c1cc(NCc2ccc[nH]2)cc(-n2cccc2)c1. The van der Waals surface area contributed by atoms with Gasteiger partial charge >= 0.3 is 0 Å². The fourth-order valence-corrected chi connectivity index (χ4v) is 1.96. The maximum Gasteiger partial charge on any atom is 0.0551 e. The number of rotatable bonds is 4. The van der Waals surface area contributed by atoms with Crippen molar-refractivity contribution in [3.05, 3.63) is 72.8 Å². The van der Waals surface area contributed by atoms with Gasteiger partial charge in [-0.3, -0.25) is 0 Å². The summed E-state index contributed by atoms with van der Waals surface area (Å²) < 4.78 is 2.10. The summed E-state index contributed by atoms with van der Waals surface area (Å²) in [7, 11) is 0. The molecule has 0 saturated carbocycles. The Morgan fingerprint density at radius 3 is 2.67 bits per heavy atom. The molecular weight excluding hydrogens is 222 g/mol. The highest BCUT2D eigenvalue weighted by molar-refractivity contribution is 5.51. The van der Waals surface area contributed by atoms with Gasteiger partial charge in [0.15, 0.2) is 0 Å². The lowest BCUT2D eigenvalue weighted by Gasteiger charge is -2.08. The second kappa shape index (κ2) is 4.84. The van der Waals surface area contributed by atoms with E-state index in [-0.39, 0.29) is 0 Å². The molecule has 2 aromatic heterocycles. The number of nitrogens with one attached hydrogen (secondary N) is 2. The number of anilines is 1. The van der Waals surface area contributed by atoms with Gasteiger partial charge in [0.05, 0.1) is 6.54 Å². The Labute approximate surface area is 106 Å². The van der Waals surface area contributed by atoms with Crippen LogP contribution in [0, 0.1) is 0 Å². The van der Waals surface area contributed by atoms with Gasteiger partial charge in [-0.2, -0.15) is 0 Å². The number of benzene rings is 1. The second-order valence-electron chi connectivity index (χ2n) is 4.19. The van der Waals surface area contributed by atoms with Gasteiger partial charge in [0.25, 0.3) is 0 Å². The molecule has 0 bridgehead atoms. The van der Waals surface area contributed by atoms with E-state index < -0.39 is 0 Å². The van der Waals surface area contributed by atoms with Gasteiger partial charge in [-0.05, 0) is 42.5 Å². The van der Waals surface area contributed by atoms with Gasteiger partial charge in [-0.1, -0.05) is 6.07 Å². The molecule has 0 amide bonds. The summed E-state index contributed by atoms with van der Waals surface area (Å²) in [6, 6.07) is 16.5. The zero-order chi connectivity index (χ0) is 12.2. The molecule has 90 valence electrons. The molecule has 3 nitrogen and oxygen atoms in total. The van der Waals surface area contributed by atoms with Gasteiger partial charge in [0, 0.05) is 35.7 Å². The van der Waals surface area contributed by atoms with Crippen LogP contribution in [0.4, 0.5) is 5.69 Å². The van der Waals surface area contributed by atoms with E-state index in [1.165, 1.54) is 5.69 Å². The Bertz CT molecular complexity index is 594. The number of H-pyrrole nitrogens is 1. The van der Waals surface area contributed by atoms with Crippen LogP contribution >= 0.6 is 0 Å². The standard InChI is InChI=1S/C15H15N3/c1-2-10-18(9-1)15-7-3-5-13(11-15)17-12-14-6-4-8-16-14/h1-11,16-17H,12H2. The molecule has 0 saturated heterocycles. The summed E-state index contributed by atoms with van der Waals surface area (Å²) in [6.45, 7) is 0.808. The van der Waals surface area contributed by atoms with Crippen molar-refractivity contribution in [2.24, 2.45) is 0 Å². The van der Waals surface area contributed by atoms with Gasteiger partial charge < -0.3 is 14.9 Å². The predicted octanol–water partition coefficient (Wildman–Crippen LogP) is 3.42. The first-order chi connectivity index (χ1) is 8.92. The Balaban J connectivity index is 1.75. The van der Waals surface area contributed by atoms with Crippen molar-refractivity contribution < 1.29 is 0 Å². The summed E-state index contributed by atoms with van der Waals surface area (Å²) >= 11 is 0. The third-order valence-electron chi connectivity index (χ3n) is 2.89. The number of aromatic amines is 1. The van der Waals surface area contributed by atoms with Gasteiger partial charge in [-0.25, -0.2) is 0 Å². The van der Waals surface area contributed by atoms with E-state index in [4.69, 9.17) is 0 Å². The van der Waals surface area contributed by atoms with E-state index in [9.17, 15) is 0 Å². The minimum Gasteiger partial charge on any atom is -0.379 e. The summed E-state index contributed by atoms with van der Waals surface area (Å²) in [5, 5.41) is 3.40. The zero-order valence-electron chi connectivity index (χ0n) is 10.0. The van der Waals surface area contributed by atoms with E-state index in [1.807, 2.05) is 36.8 Å². The minimum absolute atomic E-state index is 0.808. The minimum atomic E-state index is 0.808. The molecule has 3 heteroatoms. The summed E-state index contributed by atoms with van der Waals surface area (Å²) in [5.74, 6) is 0. The molecule has 0 aliphatic rings. The fourth-order valence-electron chi connectivity index (χ4n) is 1.96. The van der Waals surface area contributed by atoms with Crippen molar-refractivity contribution in [3.63, 3.8) is 0 Å². The van der Waals surface area contributed by atoms with Crippen molar-refractivity contribution in [2.75, 3.05) is 5.32 Å². The second-order valence-corrected chi connectivity index (χ2v) is 4.19. The van der Waals surface area contributed by atoms with Crippen LogP contribution < -0.4 is 5.32 Å². The molecule has 1 aromatic carbocycles. The molecule has 0 aliphatic heterocycles. The quantitative estimate of drug-likeness (QED) is 0.716. The maximum atomic E-state index is 3.40. The van der Waals surface area contributed by atoms with E-state index in [0.717, 1.165) is 17.9 Å². The molecule has 0 fully saturated rings. The molecule has 0 radical (unpaired) electrons. The van der Waals surface area contributed by atoms with E-state index in [0.29, 0.717) is 0 Å². The Morgan fingerprint density at radius 1 is 1.00 bits per heavy atom. The molecule has 2 heterocycles. The van der Waals surface area contributed by atoms with Crippen LogP contribution in [0.25, 0.3) is 5.69 Å². The highest BCUT2D eigenvalue weighted by Crippen LogP contribution is 2.15. The maximum absolute atomic E-state index is 3.40. The third kappa shape index (κ3) is 2.30. The molecular formula is C15H15N3. The number of nitrogens with zero attached hydrogens (tertiary/aromatic N) is 1. The van der Waals surface area contributed by atoms with E-state index in [2.05, 4.69) is 45.2 Å². The van der Waals surface area contributed by atoms with Crippen LogP contribution in [-0.2, 0) is 6.54 Å². The summed E-state index contributed by atoms with van der Waals surface area (Å²) in [6.07, 6.45) is 6.03. The lowest BCUT2D eigenvalue weighted by atomic mass is 10.2. The van der Waals surface area contributed by atoms with Crippen molar-refractivity contribution in [1.29, 1.82) is 0 Å². The first-order valence-corrected chi connectivity index (χ1v) is 6.01. The van der Waals surface area contributed by atoms with E-state index in [1.54, 1.807) is 0 Å². The first-order valence-electron chi connectivity index (χ1n) is 6.01. The van der Waals surface area contributed by atoms with Gasteiger partial charge in [0.1, 0.15) is 0 Å². The molecule has 0 spiro atoms. The largest absolute Gasteiger partial charge is 0.379 e. The average molecular weight is 237 g/mol. The van der Waals surface area contributed by atoms with Crippen molar-refractivity contribution >= 4 is 5.69 Å². The van der Waals surface area contributed by atoms with Crippen molar-refractivity contribution in [2.45, 2.75) is 6.54 Å². The summed E-state index contributed by atoms with van der Waals surface area (Å²) in [4.78, 5) is 3.18. The zero-order valence-corrected chi connectivity index (χ0v) is 10.0. The normalized spacial score (nSPS) is 10.4. The van der Waals surface area contributed by atoms with Crippen LogP contribution in [0.5, 0.6) is 0 Å². The molecule has 3 aromatic rings. The molecule has 0 atom stereocenters. The number of aromatic nitrogens is 2. The van der Waals surface area contributed by atoms with Crippen LogP contribution in [0.15, 0.2) is 67.1 Å². The topological polar surface area (TPSA) is 32.8 Å². The molecule has 0 aliphatic carbocycles. The van der Waals surface area contributed by atoms with Gasteiger partial charge in [-0.15, -0.1) is 0 Å². The Morgan fingerprint density at radius 2 is 1.89 bits per heavy atom. The van der Waals surface area contributed by atoms with Crippen LogP contribution in [0.1, 0.15) is 5.69 Å². The highest BCUT2D eigenvalue weighted by Gasteiger charge is 1.98. The Kier molecular flexibility index (Phi) is 2.88. The van der Waals surface area contributed by atoms with E-state index >= 15 is 0 Å². The third-order valence-corrected chi connectivity index (χ3v) is 2.89. The molecule has 0 unspecified atom stereocenters. The van der Waals surface area contributed by atoms with Crippen LogP contribution in [0.3, 0.4) is 0 Å². The van der Waals surface area contributed by atoms with Crippen LogP contribution in [0.2, 0.25) is 0 Å². The Hall–Kier alpha value is -2.42. The lowest BCUT2D eigenvalue weighted by Crippen LogP contribution is -2.00. The summed E-state index contributed by atoms with van der Waals surface area (Å²) in [5.41, 5.74) is 3.47. The molecule has 2 N–H and O–H groups in total. The highest BCUT2D eigenvalue weighted by atomic mass is 15.0. The molecule has 18 heavy (non-hydrogen) atoms. The first kappa shape index (κ1) is 10.7. The van der Waals surface area contributed by atoms with Crippen molar-refractivity contribution in [1.82, 2.24) is 9.55 Å². The predicted molar refractivity (Wildman–Crippen MR) is 73.9 cm³/mol. The lowest BCUT2D eigenvalue weighted by molar-refractivity contribution is 1.06. The molecule has 3 rings (SSSR count). The van der Waals surface area contributed by atoms with Crippen LogP contribution in [-0.4, -0.2) is 9.55 Å². The average Bonchev–Trinajstić information content (AvgIpc) is 3.10.